The summed E-state index contributed by atoms with van der Waals surface area (Å²) in [6.45, 7) is 0. The van der Waals surface area contributed by atoms with Gasteiger partial charge in [0.25, 0.3) is 0 Å². The van der Waals surface area contributed by atoms with Crippen LogP contribution in [0.3, 0.4) is 0 Å². The minimum absolute atomic E-state index is 0.286. The van der Waals surface area contributed by atoms with E-state index in [2.05, 4.69) is 0 Å². The third-order valence-electron chi connectivity index (χ3n) is 3.04. The minimum atomic E-state index is -0.800. The molecule has 0 fully saturated rings. The Kier molecular flexibility index (Phi) is 1.91. The van der Waals surface area contributed by atoms with Gasteiger partial charge >= 0.3 is 0 Å². The van der Waals surface area contributed by atoms with Crippen molar-refractivity contribution in [3.8, 4) is 11.1 Å². The molecule has 0 amide bonds. The molecule has 0 aliphatic heterocycles. The summed E-state index contributed by atoms with van der Waals surface area (Å²) >= 11 is 0. The predicted molar refractivity (Wildman–Crippen MR) is 63.7 cm³/mol. The molecular weight excluding hydrogens is 198 g/mol. The number of rotatable bonds is 0. The van der Waals surface area contributed by atoms with E-state index < -0.39 is 6.10 Å². The van der Waals surface area contributed by atoms with Gasteiger partial charge in [0.1, 0.15) is 6.10 Å². The fourth-order valence-corrected chi connectivity index (χ4v) is 2.24. The number of aliphatic hydroxyl groups is 1. The zero-order valence-electron chi connectivity index (χ0n) is 8.64. The molecule has 0 aromatic heterocycles. The molecule has 0 saturated carbocycles. The zero-order chi connectivity index (χ0) is 11.1. The first kappa shape index (κ1) is 9.31. The summed E-state index contributed by atoms with van der Waals surface area (Å²) in [7, 11) is 0. The van der Waals surface area contributed by atoms with Gasteiger partial charge in [-0.3, -0.25) is 0 Å². The lowest BCUT2D eigenvalue weighted by molar-refractivity contribution is 0.247. The number of hydrogen-bond acceptors (Lipinski definition) is 2. The zero-order valence-corrected chi connectivity index (χ0v) is 8.64. The highest BCUT2D eigenvalue weighted by molar-refractivity contribution is 6.10. The Hall–Kier alpha value is -1.93. The highest BCUT2D eigenvalue weighted by atomic mass is 16.3. The van der Waals surface area contributed by atoms with Crippen LogP contribution in [0.1, 0.15) is 17.2 Å². The van der Waals surface area contributed by atoms with Crippen molar-refractivity contribution in [2.75, 3.05) is 0 Å². The van der Waals surface area contributed by atoms with Crippen molar-refractivity contribution in [2.24, 2.45) is 0 Å². The first-order chi connectivity index (χ1) is 7.79. The second kappa shape index (κ2) is 3.29. The smallest absolute Gasteiger partial charge is 0.121 e. The van der Waals surface area contributed by atoms with E-state index in [9.17, 15) is 5.11 Å². The van der Waals surface area contributed by atoms with Gasteiger partial charge in [-0.1, -0.05) is 48.5 Å². The predicted octanol–water partition coefficient (Wildman–Crippen LogP) is 2.77. The number of aliphatic hydroxyl groups excluding tert-OH is 1. The summed E-state index contributed by atoms with van der Waals surface area (Å²) in [6.07, 6.45) is -0.800. The fraction of sp³-hybridized carbons (Fsp3) is 0.0714. The maximum absolute atomic E-state index is 10.1. The van der Waals surface area contributed by atoms with Crippen molar-refractivity contribution in [2.45, 2.75) is 6.10 Å². The molecule has 2 N–H and O–H groups in total. The molecule has 2 aromatic carbocycles. The molecule has 78 valence electrons. The van der Waals surface area contributed by atoms with Crippen LogP contribution >= 0.6 is 0 Å². The maximum Gasteiger partial charge on any atom is 0.121 e. The van der Waals surface area contributed by atoms with Gasteiger partial charge in [-0.25, -0.2) is 0 Å². The van der Waals surface area contributed by atoms with E-state index in [1.807, 2.05) is 48.5 Å². The van der Waals surface area contributed by atoms with E-state index in [0.717, 1.165) is 22.3 Å². The Morgan fingerprint density at radius 3 is 2.12 bits per heavy atom. The summed E-state index contributed by atoms with van der Waals surface area (Å²) in [5.41, 5.74) is 4.00. The van der Waals surface area contributed by atoms with E-state index >= 15 is 0 Å². The topological polar surface area (TPSA) is 44.1 Å². The molecule has 1 aliphatic rings. The Balaban J connectivity index is 2.37. The molecule has 2 heteroatoms. The van der Waals surface area contributed by atoms with Gasteiger partial charge in [0.15, 0.2) is 0 Å². The van der Waals surface area contributed by atoms with E-state index in [-0.39, 0.29) is 5.71 Å². The molecule has 2 nitrogen and oxygen atoms in total. The van der Waals surface area contributed by atoms with Crippen molar-refractivity contribution in [1.82, 2.24) is 0 Å². The quantitative estimate of drug-likeness (QED) is 0.688. The fourth-order valence-electron chi connectivity index (χ4n) is 2.24. The molecule has 0 saturated heterocycles. The highest BCUT2D eigenvalue weighted by Crippen LogP contribution is 2.37. The van der Waals surface area contributed by atoms with Crippen molar-refractivity contribution in [1.29, 1.82) is 5.41 Å². The van der Waals surface area contributed by atoms with E-state index in [1.54, 1.807) is 0 Å². The van der Waals surface area contributed by atoms with Crippen molar-refractivity contribution < 1.29 is 5.11 Å². The van der Waals surface area contributed by atoms with Crippen LogP contribution < -0.4 is 0 Å². The second-order valence-electron chi connectivity index (χ2n) is 3.95. The van der Waals surface area contributed by atoms with Crippen LogP contribution in [-0.4, -0.2) is 10.8 Å². The Labute approximate surface area is 93.7 Å². The normalized spacial score (nSPS) is 17.8. The lowest BCUT2D eigenvalue weighted by Gasteiger charge is -2.24. The third kappa shape index (κ3) is 1.14. The number of nitrogens with one attached hydrogen (secondary N) is 1. The second-order valence-corrected chi connectivity index (χ2v) is 3.95. The van der Waals surface area contributed by atoms with Crippen molar-refractivity contribution in [3.63, 3.8) is 0 Å². The van der Waals surface area contributed by atoms with Crippen LogP contribution in [0.15, 0.2) is 48.5 Å². The lowest BCUT2D eigenvalue weighted by Crippen LogP contribution is -2.18. The minimum Gasteiger partial charge on any atom is -0.382 e. The van der Waals surface area contributed by atoms with Crippen molar-refractivity contribution >= 4 is 5.71 Å². The number of hydrogen-bond donors (Lipinski definition) is 2. The summed E-state index contributed by atoms with van der Waals surface area (Å²) in [6, 6.07) is 15.5. The monoisotopic (exact) mass is 209 g/mol. The molecular formula is C14H11NO. The SMILES string of the molecule is N=C1c2ccccc2-c2ccccc2C1O. The maximum atomic E-state index is 10.1. The molecule has 2 aromatic rings. The summed E-state index contributed by atoms with van der Waals surface area (Å²) in [5.74, 6) is 0. The van der Waals surface area contributed by atoms with Crippen LogP contribution in [0.5, 0.6) is 0 Å². The third-order valence-corrected chi connectivity index (χ3v) is 3.04. The van der Waals surface area contributed by atoms with Gasteiger partial charge < -0.3 is 10.5 Å². The van der Waals surface area contributed by atoms with E-state index in [1.165, 1.54) is 0 Å². The Bertz CT molecular complexity index is 574. The molecule has 1 unspecified atom stereocenters. The summed E-state index contributed by atoms with van der Waals surface area (Å²) in [4.78, 5) is 0. The molecule has 0 radical (unpaired) electrons. The molecule has 0 heterocycles. The molecule has 16 heavy (non-hydrogen) atoms. The van der Waals surface area contributed by atoms with Gasteiger partial charge in [0.2, 0.25) is 0 Å². The number of benzene rings is 2. The average molecular weight is 209 g/mol. The van der Waals surface area contributed by atoms with Gasteiger partial charge in [-0.05, 0) is 16.7 Å². The average Bonchev–Trinajstić information content (AvgIpc) is 2.36. The van der Waals surface area contributed by atoms with Gasteiger partial charge in [0.05, 0.1) is 5.71 Å². The van der Waals surface area contributed by atoms with Crippen LogP contribution in [0, 0.1) is 5.41 Å². The number of fused-ring (bicyclic) bond motifs is 3. The van der Waals surface area contributed by atoms with Gasteiger partial charge in [0, 0.05) is 5.56 Å². The molecule has 1 atom stereocenters. The largest absolute Gasteiger partial charge is 0.382 e. The summed E-state index contributed by atoms with van der Waals surface area (Å²) < 4.78 is 0. The standard InChI is InChI=1S/C14H11NO/c15-13-11-7-3-1-5-9(11)10-6-2-4-8-12(10)14(13)16/h1-8,14-16H. The lowest BCUT2D eigenvalue weighted by atomic mass is 9.83. The first-order valence-corrected chi connectivity index (χ1v) is 5.24. The van der Waals surface area contributed by atoms with Gasteiger partial charge in [-0.2, -0.15) is 0 Å². The molecule has 3 rings (SSSR count). The van der Waals surface area contributed by atoms with Gasteiger partial charge in [-0.15, -0.1) is 0 Å². The van der Waals surface area contributed by atoms with Crippen LogP contribution in [-0.2, 0) is 0 Å². The Morgan fingerprint density at radius 2 is 1.38 bits per heavy atom. The van der Waals surface area contributed by atoms with Crippen LogP contribution in [0.2, 0.25) is 0 Å². The van der Waals surface area contributed by atoms with Crippen LogP contribution in [0.25, 0.3) is 11.1 Å². The van der Waals surface area contributed by atoms with E-state index in [0.29, 0.717) is 0 Å². The highest BCUT2D eigenvalue weighted by Gasteiger charge is 2.26. The van der Waals surface area contributed by atoms with Crippen molar-refractivity contribution in [3.05, 3.63) is 59.7 Å². The molecule has 0 spiro atoms. The Morgan fingerprint density at radius 1 is 0.812 bits per heavy atom. The van der Waals surface area contributed by atoms with Crippen LogP contribution in [0.4, 0.5) is 0 Å². The first-order valence-electron chi connectivity index (χ1n) is 5.24. The molecule has 1 aliphatic carbocycles. The molecule has 0 bridgehead atoms. The summed E-state index contributed by atoms with van der Waals surface area (Å²) in [5, 5.41) is 18.0. The van der Waals surface area contributed by atoms with E-state index in [4.69, 9.17) is 5.41 Å².